The van der Waals surface area contributed by atoms with E-state index in [4.69, 9.17) is 4.74 Å². The lowest BCUT2D eigenvalue weighted by molar-refractivity contribution is -0.136. The number of nitrogens with zero attached hydrogens (tertiary/aromatic N) is 1. The number of H-pyrrole nitrogens is 1. The van der Waals surface area contributed by atoms with Crippen molar-refractivity contribution in [3.8, 4) is 0 Å². The van der Waals surface area contributed by atoms with Gasteiger partial charge in [0.05, 0.1) is 12.0 Å². The molecular weight excluding hydrogens is 256 g/mol. The van der Waals surface area contributed by atoms with E-state index < -0.39 is 0 Å². The largest absolute Gasteiger partial charge is 0.384 e. The monoisotopic (exact) mass is 280 g/mol. The van der Waals surface area contributed by atoms with Gasteiger partial charge < -0.3 is 20.4 Å². The van der Waals surface area contributed by atoms with Crippen LogP contribution in [0, 0.1) is 5.41 Å². The van der Waals surface area contributed by atoms with E-state index in [1.165, 1.54) is 0 Å². The van der Waals surface area contributed by atoms with Crippen LogP contribution in [-0.4, -0.2) is 49.2 Å². The molecule has 3 N–H and O–H groups in total. The molecule has 0 saturated carbocycles. The van der Waals surface area contributed by atoms with Crippen LogP contribution in [0.2, 0.25) is 0 Å². The lowest BCUT2D eigenvalue weighted by atomic mass is 9.78. The van der Waals surface area contributed by atoms with E-state index in [9.17, 15) is 4.79 Å². The number of carbonyl (C=O) groups excluding carboxylic acids is 1. The lowest BCUT2D eigenvalue weighted by Gasteiger charge is -2.35. The van der Waals surface area contributed by atoms with Crippen molar-refractivity contribution in [3.63, 3.8) is 0 Å². The van der Waals surface area contributed by atoms with Gasteiger partial charge in [0.2, 0.25) is 5.91 Å². The number of nitrogens with one attached hydrogen (secondary N) is 3. The van der Waals surface area contributed by atoms with E-state index in [-0.39, 0.29) is 11.3 Å². The van der Waals surface area contributed by atoms with Crippen molar-refractivity contribution in [1.82, 2.24) is 20.6 Å². The van der Waals surface area contributed by atoms with Crippen molar-refractivity contribution < 1.29 is 9.53 Å². The Balaban J connectivity index is 1.76. The second-order valence-corrected chi connectivity index (χ2v) is 5.36. The number of aromatic amines is 1. The summed E-state index contributed by atoms with van der Waals surface area (Å²) in [5.74, 6) is 1.09. The number of amides is 1. The maximum Gasteiger partial charge on any atom is 0.228 e. The number of carbonyl (C=O) groups is 1. The summed E-state index contributed by atoms with van der Waals surface area (Å²) in [7, 11) is 1.66. The van der Waals surface area contributed by atoms with Gasteiger partial charge in [-0.05, 0) is 32.4 Å². The molecule has 112 valence electrons. The minimum atomic E-state index is -0.356. The molecule has 0 aromatic carbocycles. The fraction of sp³-hybridized carbons (Fsp3) is 0.714. The number of hydrogen-bond acceptors (Lipinski definition) is 4. The molecule has 6 heteroatoms. The average Bonchev–Trinajstić information content (AvgIpc) is 2.98. The molecule has 1 saturated heterocycles. The first kappa shape index (κ1) is 15.0. The second-order valence-electron chi connectivity index (χ2n) is 5.36. The van der Waals surface area contributed by atoms with Gasteiger partial charge in [-0.2, -0.15) is 0 Å². The number of piperidine rings is 1. The van der Waals surface area contributed by atoms with Crippen molar-refractivity contribution in [3.05, 3.63) is 18.2 Å². The number of methoxy groups -OCH3 is 1. The Kier molecular flexibility index (Phi) is 5.55. The van der Waals surface area contributed by atoms with Crippen LogP contribution in [0.1, 0.15) is 25.1 Å². The standard InChI is InChI=1S/C14H24N4O2/c1-20-11-14(4-7-15-8-5-14)13(19)18-6-2-3-12-16-9-10-17-12/h9-10,15H,2-8,11H2,1H3,(H,16,17)(H,18,19). The predicted molar refractivity (Wildman–Crippen MR) is 76.3 cm³/mol. The summed E-state index contributed by atoms with van der Waals surface area (Å²) in [6.07, 6.45) is 6.98. The summed E-state index contributed by atoms with van der Waals surface area (Å²) in [5, 5.41) is 6.34. The van der Waals surface area contributed by atoms with Gasteiger partial charge in [0, 0.05) is 32.5 Å². The third kappa shape index (κ3) is 3.80. The van der Waals surface area contributed by atoms with Crippen molar-refractivity contribution in [1.29, 1.82) is 0 Å². The highest BCUT2D eigenvalue weighted by Crippen LogP contribution is 2.29. The SMILES string of the molecule is COCC1(C(=O)NCCCc2ncc[nH]2)CCNCC1. The molecule has 2 rings (SSSR count). The highest BCUT2D eigenvalue weighted by molar-refractivity contribution is 5.82. The zero-order valence-electron chi connectivity index (χ0n) is 12.1. The summed E-state index contributed by atoms with van der Waals surface area (Å²) >= 11 is 0. The van der Waals surface area contributed by atoms with Crippen LogP contribution >= 0.6 is 0 Å². The third-order valence-electron chi connectivity index (χ3n) is 3.89. The Hall–Kier alpha value is -1.40. The van der Waals surface area contributed by atoms with Crippen LogP contribution < -0.4 is 10.6 Å². The van der Waals surface area contributed by atoms with E-state index in [0.29, 0.717) is 13.2 Å². The molecule has 2 heterocycles. The Bertz CT molecular complexity index is 394. The topological polar surface area (TPSA) is 79.0 Å². The van der Waals surface area contributed by atoms with Crippen molar-refractivity contribution in [2.75, 3.05) is 33.4 Å². The molecule has 1 aliphatic rings. The summed E-state index contributed by atoms with van der Waals surface area (Å²) in [5.41, 5.74) is -0.356. The number of aromatic nitrogens is 2. The first-order valence-electron chi connectivity index (χ1n) is 7.23. The molecule has 1 aromatic rings. The van der Waals surface area contributed by atoms with Crippen LogP contribution in [0.5, 0.6) is 0 Å². The summed E-state index contributed by atoms with van der Waals surface area (Å²) in [6.45, 7) is 2.93. The van der Waals surface area contributed by atoms with Crippen LogP contribution in [0.25, 0.3) is 0 Å². The van der Waals surface area contributed by atoms with Gasteiger partial charge in [-0.25, -0.2) is 4.98 Å². The average molecular weight is 280 g/mol. The number of ether oxygens (including phenoxy) is 1. The Morgan fingerprint density at radius 3 is 2.95 bits per heavy atom. The van der Waals surface area contributed by atoms with Gasteiger partial charge >= 0.3 is 0 Å². The summed E-state index contributed by atoms with van der Waals surface area (Å²) in [6, 6.07) is 0. The first-order chi connectivity index (χ1) is 9.77. The number of rotatable bonds is 7. The van der Waals surface area contributed by atoms with Crippen molar-refractivity contribution in [2.45, 2.75) is 25.7 Å². The molecule has 0 spiro atoms. The number of imidazole rings is 1. The summed E-state index contributed by atoms with van der Waals surface area (Å²) < 4.78 is 5.27. The van der Waals surface area contributed by atoms with Gasteiger partial charge in [0.1, 0.15) is 5.82 Å². The fourth-order valence-corrected chi connectivity index (χ4v) is 2.70. The molecule has 0 bridgehead atoms. The number of hydrogen-bond donors (Lipinski definition) is 3. The molecule has 1 aliphatic heterocycles. The van der Waals surface area contributed by atoms with E-state index in [1.807, 2.05) is 6.20 Å². The molecule has 1 amide bonds. The van der Waals surface area contributed by atoms with Crippen LogP contribution in [0.4, 0.5) is 0 Å². The Morgan fingerprint density at radius 1 is 1.50 bits per heavy atom. The predicted octanol–water partition coefficient (Wildman–Crippen LogP) is 0.475. The lowest BCUT2D eigenvalue weighted by Crippen LogP contribution is -2.50. The highest BCUT2D eigenvalue weighted by atomic mass is 16.5. The van der Waals surface area contributed by atoms with Gasteiger partial charge in [-0.3, -0.25) is 4.79 Å². The molecule has 0 aliphatic carbocycles. The van der Waals surface area contributed by atoms with Gasteiger partial charge in [-0.15, -0.1) is 0 Å². The minimum absolute atomic E-state index is 0.125. The molecular formula is C14H24N4O2. The van der Waals surface area contributed by atoms with E-state index in [1.54, 1.807) is 13.3 Å². The quantitative estimate of drug-likeness (QED) is 0.635. The van der Waals surface area contributed by atoms with Crippen molar-refractivity contribution >= 4 is 5.91 Å². The zero-order valence-corrected chi connectivity index (χ0v) is 12.1. The van der Waals surface area contributed by atoms with Crippen LogP contribution in [-0.2, 0) is 16.0 Å². The molecule has 1 fully saturated rings. The van der Waals surface area contributed by atoms with E-state index in [2.05, 4.69) is 20.6 Å². The Labute approximate surface area is 119 Å². The number of aryl methyl sites for hydroxylation is 1. The molecule has 0 radical (unpaired) electrons. The molecule has 0 unspecified atom stereocenters. The maximum absolute atomic E-state index is 12.4. The van der Waals surface area contributed by atoms with E-state index in [0.717, 1.165) is 44.6 Å². The van der Waals surface area contributed by atoms with Crippen LogP contribution in [0.3, 0.4) is 0 Å². The van der Waals surface area contributed by atoms with Crippen LogP contribution in [0.15, 0.2) is 12.4 Å². The first-order valence-corrected chi connectivity index (χ1v) is 7.23. The summed E-state index contributed by atoms with van der Waals surface area (Å²) in [4.78, 5) is 19.7. The minimum Gasteiger partial charge on any atom is -0.384 e. The normalized spacial score (nSPS) is 17.9. The van der Waals surface area contributed by atoms with Gasteiger partial charge in [0.15, 0.2) is 0 Å². The molecule has 20 heavy (non-hydrogen) atoms. The highest BCUT2D eigenvalue weighted by Gasteiger charge is 2.39. The Morgan fingerprint density at radius 2 is 2.30 bits per heavy atom. The molecule has 1 aromatic heterocycles. The molecule has 6 nitrogen and oxygen atoms in total. The van der Waals surface area contributed by atoms with Crippen molar-refractivity contribution in [2.24, 2.45) is 5.41 Å². The second kappa shape index (κ2) is 7.40. The van der Waals surface area contributed by atoms with Gasteiger partial charge in [0.25, 0.3) is 0 Å². The third-order valence-corrected chi connectivity index (χ3v) is 3.89. The zero-order chi connectivity index (χ0) is 14.3. The molecule has 0 atom stereocenters. The maximum atomic E-state index is 12.4. The smallest absolute Gasteiger partial charge is 0.228 e. The van der Waals surface area contributed by atoms with Gasteiger partial charge in [-0.1, -0.05) is 0 Å². The fourth-order valence-electron chi connectivity index (χ4n) is 2.70. The van der Waals surface area contributed by atoms with E-state index >= 15 is 0 Å².